The lowest BCUT2D eigenvalue weighted by Gasteiger charge is -2.09. The van der Waals surface area contributed by atoms with Crippen LogP contribution in [-0.2, 0) is 0 Å². The molecule has 116 valence electrons. The quantitative estimate of drug-likeness (QED) is 0.597. The summed E-state index contributed by atoms with van der Waals surface area (Å²) < 4.78 is 0. The first-order chi connectivity index (χ1) is 11.8. The number of hydrogen-bond acceptors (Lipinski definition) is 5. The van der Waals surface area contributed by atoms with Gasteiger partial charge >= 0.3 is 0 Å². The predicted octanol–water partition coefficient (Wildman–Crippen LogP) is 4.02. The predicted molar refractivity (Wildman–Crippen MR) is 96.9 cm³/mol. The van der Waals surface area contributed by atoms with Gasteiger partial charge in [-0.3, -0.25) is 4.98 Å². The molecule has 3 heterocycles. The average molecular weight is 313 g/mol. The second-order valence-corrected chi connectivity index (χ2v) is 5.41. The number of fused-ring (bicyclic) bond motifs is 1. The summed E-state index contributed by atoms with van der Waals surface area (Å²) in [6, 6.07) is 17.6. The highest BCUT2D eigenvalue weighted by Crippen LogP contribution is 2.27. The van der Waals surface area contributed by atoms with Gasteiger partial charge < -0.3 is 11.1 Å². The Morgan fingerprint density at radius 1 is 0.917 bits per heavy atom. The van der Waals surface area contributed by atoms with Crippen molar-refractivity contribution < 1.29 is 0 Å². The van der Waals surface area contributed by atoms with Crippen molar-refractivity contribution >= 4 is 28.1 Å². The summed E-state index contributed by atoms with van der Waals surface area (Å²) in [6.07, 6.45) is 5.27. The van der Waals surface area contributed by atoms with Crippen LogP contribution in [0.4, 0.5) is 17.3 Å². The van der Waals surface area contributed by atoms with E-state index in [2.05, 4.69) is 20.3 Å². The van der Waals surface area contributed by atoms with Crippen molar-refractivity contribution in [2.75, 3.05) is 11.1 Å². The molecular formula is C19H15N5. The molecule has 4 aromatic rings. The van der Waals surface area contributed by atoms with Crippen LogP contribution in [0.1, 0.15) is 0 Å². The van der Waals surface area contributed by atoms with E-state index in [1.807, 2.05) is 54.6 Å². The van der Waals surface area contributed by atoms with Gasteiger partial charge in [0, 0.05) is 40.6 Å². The van der Waals surface area contributed by atoms with E-state index < -0.39 is 0 Å². The minimum Gasteiger partial charge on any atom is -0.383 e. The first kappa shape index (κ1) is 14.1. The smallest absolute Gasteiger partial charge is 0.132 e. The molecule has 0 atom stereocenters. The van der Waals surface area contributed by atoms with Crippen molar-refractivity contribution in [3.05, 3.63) is 73.2 Å². The molecule has 3 aromatic heterocycles. The van der Waals surface area contributed by atoms with Crippen LogP contribution in [0.3, 0.4) is 0 Å². The van der Waals surface area contributed by atoms with Gasteiger partial charge in [-0.15, -0.1) is 0 Å². The van der Waals surface area contributed by atoms with Crippen LogP contribution in [0.2, 0.25) is 0 Å². The standard InChI is InChI=1S/C19H15N5/c20-19-16-7-8-21-12-14(16)10-17(24-19)13-6-9-22-18(11-13)23-15-4-2-1-3-5-15/h1-12H,(H2,20,24)(H,22,23). The maximum Gasteiger partial charge on any atom is 0.132 e. The van der Waals surface area contributed by atoms with Crippen LogP contribution in [-0.4, -0.2) is 15.0 Å². The van der Waals surface area contributed by atoms with Gasteiger partial charge in [-0.1, -0.05) is 18.2 Å². The zero-order valence-corrected chi connectivity index (χ0v) is 12.8. The topological polar surface area (TPSA) is 76.7 Å². The number of rotatable bonds is 3. The van der Waals surface area contributed by atoms with E-state index in [0.717, 1.165) is 33.5 Å². The number of hydrogen-bond donors (Lipinski definition) is 2. The van der Waals surface area contributed by atoms with E-state index >= 15 is 0 Å². The molecule has 0 bridgehead atoms. The number of nitrogens with zero attached hydrogens (tertiary/aromatic N) is 3. The lowest BCUT2D eigenvalue weighted by molar-refractivity contribution is 1.28. The molecule has 5 nitrogen and oxygen atoms in total. The zero-order valence-electron chi connectivity index (χ0n) is 12.8. The van der Waals surface area contributed by atoms with Crippen molar-refractivity contribution in [1.29, 1.82) is 0 Å². The first-order valence-electron chi connectivity index (χ1n) is 7.58. The van der Waals surface area contributed by atoms with Gasteiger partial charge in [0.1, 0.15) is 11.6 Å². The molecule has 5 heteroatoms. The summed E-state index contributed by atoms with van der Waals surface area (Å²) in [7, 11) is 0. The molecule has 0 amide bonds. The fourth-order valence-electron chi connectivity index (χ4n) is 2.60. The Hall–Kier alpha value is -3.47. The van der Waals surface area contributed by atoms with Crippen molar-refractivity contribution in [2.45, 2.75) is 0 Å². The van der Waals surface area contributed by atoms with E-state index in [9.17, 15) is 0 Å². The molecule has 0 saturated carbocycles. The number of anilines is 3. The number of nitrogen functional groups attached to an aromatic ring is 1. The Labute approximate surface area is 139 Å². The van der Waals surface area contributed by atoms with Crippen molar-refractivity contribution in [2.24, 2.45) is 0 Å². The SMILES string of the molecule is Nc1nc(-c2ccnc(Nc3ccccc3)c2)cc2cnccc12. The molecule has 0 aliphatic rings. The molecule has 3 N–H and O–H groups in total. The highest BCUT2D eigenvalue weighted by Gasteiger charge is 2.07. The number of para-hydroxylation sites is 1. The third-order valence-electron chi connectivity index (χ3n) is 3.76. The number of benzene rings is 1. The third kappa shape index (κ3) is 2.75. The van der Waals surface area contributed by atoms with Crippen molar-refractivity contribution in [3.8, 4) is 11.3 Å². The van der Waals surface area contributed by atoms with Gasteiger partial charge in [0.25, 0.3) is 0 Å². The van der Waals surface area contributed by atoms with Gasteiger partial charge in [-0.05, 0) is 36.4 Å². The number of aromatic nitrogens is 3. The molecule has 4 rings (SSSR count). The Balaban J connectivity index is 1.73. The third-order valence-corrected chi connectivity index (χ3v) is 3.76. The molecular weight excluding hydrogens is 298 g/mol. The second-order valence-electron chi connectivity index (χ2n) is 5.41. The summed E-state index contributed by atoms with van der Waals surface area (Å²) in [5.74, 6) is 1.25. The summed E-state index contributed by atoms with van der Waals surface area (Å²) in [5, 5.41) is 5.16. The summed E-state index contributed by atoms with van der Waals surface area (Å²) >= 11 is 0. The van der Waals surface area contributed by atoms with Gasteiger partial charge in [0.05, 0.1) is 5.69 Å². The van der Waals surface area contributed by atoms with Crippen LogP contribution < -0.4 is 11.1 Å². The Morgan fingerprint density at radius 2 is 1.79 bits per heavy atom. The van der Waals surface area contributed by atoms with Crippen molar-refractivity contribution in [3.63, 3.8) is 0 Å². The number of nitrogens with two attached hydrogens (primary N) is 1. The molecule has 24 heavy (non-hydrogen) atoms. The monoisotopic (exact) mass is 313 g/mol. The van der Waals surface area contributed by atoms with E-state index in [-0.39, 0.29) is 0 Å². The van der Waals surface area contributed by atoms with Crippen LogP contribution >= 0.6 is 0 Å². The second kappa shape index (κ2) is 5.96. The molecule has 0 saturated heterocycles. The summed E-state index contributed by atoms with van der Waals surface area (Å²) in [5.41, 5.74) is 8.81. The minimum atomic E-state index is 0.499. The van der Waals surface area contributed by atoms with Gasteiger partial charge in [-0.2, -0.15) is 0 Å². The van der Waals surface area contributed by atoms with E-state index in [1.165, 1.54) is 0 Å². The van der Waals surface area contributed by atoms with Crippen LogP contribution in [0.5, 0.6) is 0 Å². The van der Waals surface area contributed by atoms with Crippen LogP contribution in [0.15, 0.2) is 73.2 Å². The minimum absolute atomic E-state index is 0.499. The Kier molecular flexibility index (Phi) is 3.51. The summed E-state index contributed by atoms with van der Waals surface area (Å²) in [4.78, 5) is 13.0. The Bertz CT molecular complexity index is 999. The van der Waals surface area contributed by atoms with E-state index in [4.69, 9.17) is 5.73 Å². The number of pyridine rings is 3. The van der Waals surface area contributed by atoms with Crippen LogP contribution in [0.25, 0.3) is 22.0 Å². The maximum atomic E-state index is 6.09. The van der Waals surface area contributed by atoms with Gasteiger partial charge in [0.2, 0.25) is 0 Å². The number of nitrogens with one attached hydrogen (secondary N) is 1. The van der Waals surface area contributed by atoms with E-state index in [1.54, 1.807) is 18.6 Å². The molecule has 1 aromatic carbocycles. The highest BCUT2D eigenvalue weighted by atomic mass is 15.0. The molecule has 0 aliphatic heterocycles. The summed E-state index contributed by atoms with van der Waals surface area (Å²) in [6.45, 7) is 0. The fourth-order valence-corrected chi connectivity index (χ4v) is 2.60. The Morgan fingerprint density at radius 3 is 2.67 bits per heavy atom. The normalized spacial score (nSPS) is 10.7. The maximum absolute atomic E-state index is 6.09. The average Bonchev–Trinajstić information content (AvgIpc) is 2.63. The molecule has 0 fully saturated rings. The van der Waals surface area contributed by atoms with Crippen molar-refractivity contribution in [1.82, 2.24) is 15.0 Å². The van der Waals surface area contributed by atoms with Crippen LogP contribution in [0, 0.1) is 0 Å². The molecule has 0 unspecified atom stereocenters. The molecule has 0 aliphatic carbocycles. The lowest BCUT2D eigenvalue weighted by Crippen LogP contribution is -1.97. The van der Waals surface area contributed by atoms with E-state index in [0.29, 0.717) is 5.82 Å². The first-order valence-corrected chi connectivity index (χ1v) is 7.58. The fraction of sp³-hybridized carbons (Fsp3) is 0. The zero-order chi connectivity index (χ0) is 16.4. The largest absolute Gasteiger partial charge is 0.383 e. The lowest BCUT2D eigenvalue weighted by atomic mass is 10.1. The molecule has 0 spiro atoms. The van der Waals surface area contributed by atoms with Gasteiger partial charge in [-0.25, -0.2) is 9.97 Å². The highest BCUT2D eigenvalue weighted by molar-refractivity contribution is 5.93. The van der Waals surface area contributed by atoms with Gasteiger partial charge in [0.15, 0.2) is 0 Å². The molecule has 0 radical (unpaired) electrons.